The average Bonchev–Trinajstić information content (AvgIpc) is 2.28. The summed E-state index contributed by atoms with van der Waals surface area (Å²) < 4.78 is 0. The van der Waals surface area contributed by atoms with Gasteiger partial charge in [0.25, 0.3) is 0 Å². The Labute approximate surface area is 92.0 Å². The second kappa shape index (κ2) is 4.39. The van der Waals surface area contributed by atoms with Crippen LogP contribution in [0, 0.1) is 0 Å². The Hall–Kier alpha value is -2.43. The molecule has 0 radical (unpaired) electrons. The molecule has 0 aliphatic heterocycles. The van der Waals surface area contributed by atoms with E-state index >= 15 is 0 Å². The number of fused-ring (bicyclic) bond motifs is 1. The topological polar surface area (TPSA) is 80.4 Å². The fraction of sp³-hybridized carbons (Fsp3) is 0. The molecule has 0 aliphatic rings. The first kappa shape index (κ1) is 10.1. The van der Waals surface area contributed by atoms with Crippen LogP contribution < -0.4 is 11.2 Å². The number of hydrogen-bond donors (Lipinski definition) is 2. The number of aromatic nitrogens is 1. The first-order chi connectivity index (χ1) is 7.75. The van der Waals surface area contributed by atoms with Crippen molar-refractivity contribution < 1.29 is 4.79 Å². The molecule has 0 saturated heterocycles. The van der Waals surface area contributed by atoms with E-state index in [0.717, 1.165) is 16.3 Å². The Morgan fingerprint density at radius 2 is 2.25 bits per heavy atom. The normalized spacial score (nSPS) is 10.8. The van der Waals surface area contributed by atoms with Crippen molar-refractivity contribution in [2.75, 3.05) is 0 Å². The van der Waals surface area contributed by atoms with E-state index in [1.807, 2.05) is 24.3 Å². The minimum Gasteiger partial charge on any atom is -0.350 e. The average molecular weight is 214 g/mol. The van der Waals surface area contributed by atoms with Crippen molar-refractivity contribution in [1.82, 2.24) is 10.4 Å². The van der Waals surface area contributed by atoms with Crippen molar-refractivity contribution in [1.29, 1.82) is 0 Å². The van der Waals surface area contributed by atoms with Crippen LogP contribution in [-0.4, -0.2) is 17.2 Å². The van der Waals surface area contributed by atoms with Crippen LogP contribution >= 0.6 is 0 Å². The lowest BCUT2D eigenvalue weighted by atomic mass is 10.1. The molecule has 0 unspecified atom stereocenters. The number of pyridine rings is 1. The van der Waals surface area contributed by atoms with Gasteiger partial charge in [0.2, 0.25) is 0 Å². The summed E-state index contributed by atoms with van der Waals surface area (Å²) in [5.74, 6) is 0. The number of nitrogens with two attached hydrogens (primary N) is 1. The standard InChI is InChI=1S/C11H10N4O/c12-11(16)15-14-6-8-1-2-9-3-4-13-7-10(9)5-8/h1-7H,(H3,12,15,16)/b14-6+. The molecule has 0 spiro atoms. The van der Waals surface area contributed by atoms with Crippen LogP contribution in [-0.2, 0) is 0 Å². The highest BCUT2D eigenvalue weighted by Crippen LogP contribution is 2.12. The number of amides is 2. The van der Waals surface area contributed by atoms with Gasteiger partial charge in [0.1, 0.15) is 0 Å². The summed E-state index contributed by atoms with van der Waals surface area (Å²) in [6.45, 7) is 0. The summed E-state index contributed by atoms with van der Waals surface area (Å²) in [6.07, 6.45) is 5.04. The van der Waals surface area contributed by atoms with Crippen LogP contribution in [0.15, 0.2) is 41.8 Å². The lowest BCUT2D eigenvalue weighted by Crippen LogP contribution is -2.24. The van der Waals surface area contributed by atoms with E-state index in [4.69, 9.17) is 5.73 Å². The van der Waals surface area contributed by atoms with E-state index < -0.39 is 6.03 Å². The van der Waals surface area contributed by atoms with Crippen molar-refractivity contribution in [3.8, 4) is 0 Å². The Morgan fingerprint density at radius 3 is 3.06 bits per heavy atom. The van der Waals surface area contributed by atoms with Crippen LogP contribution in [0.2, 0.25) is 0 Å². The highest BCUT2D eigenvalue weighted by Gasteiger charge is 1.94. The Kier molecular flexibility index (Phi) is 2.77. The summed E-state index contributed by atoms with van der Waals surface area (Å²) in [7, 11) is 0. The summed E-state index contributed by atoms with van der Waals surface area (Å²) in [5, 5.41) is 5.80. The molecule has 1 aromatic heterocycles. The van der Waals surface area contributed by atoms with Gasteiger partial charge in [0.05, 0.1) is 6.21 Å². The van der Waals surface area contributed by atoms with Crippen LogP contribution in [0.3, 0.4) is 0 Å². The second-order valence-electron chi connectivity index (χ2n) is 3.22. The summed E-state index contributed by atoms with van der Waals surface area (Å²) in [5.41, 5.74) is 7.88. The van der Waals surface area contributed by atoms with Gasteiger partial charge in [-0.15, -0.1) is 0 Å². The second-order valence-corrected chi connectivity index (χ2v) is 3.22. The number of benzene rings is 1. The van der Waals surface area contributed by atoms with E-state index in [1.54, 1.807) is 12.4 Å². The van der Waals surface area contributed by atoms with Crippen molar-refractivity contribution in [3.63, 3.8) is 0 Å². The van der Waals surface area contributed by atoms with Gasteiger partial charge in [0, 0.05) is 17.8 Å². The first-order valence-electron chi connectivity index (χ1n) is 4.68. The molecule has 5 nitrogen and oxygen atoms in total. The van der Waals surface area contributed by atoms with E-state index in [1.165, 1.54) is 6.21 Å². The summed E-state index contributed by atoms with van der Waals surface area (Å²) >= 11 is 0. The first-order valence-corrected chi connectivity index (χ1v) is 4.68. The van der Waals surface area contributed by atoms with Gasteiger partial charge in [-0.05, 0) is 23.1 Å². The molecule has 0 fully saturated rings. The Balaban J connectivity index is 2.26. The lowest BCUT2D eigenvalue weighted by Gasteiger charge is -1.98. The number of primary amides is 1. The Morgan fingerprint density at radius 1 is 1.38 bits per heavy atom. The highest BCUT2D eigenvalue weighted by atomic mass is 16.2. The van der Waals surface area contributed by atoms with E-state index in [0.29, 0.717) is 0 Å². The summed E-state index contributed by atoms with van der Waals surface area (Å²) in [4.78, 5) is 14.4. The monoisotopic (exact) mass is 214 g/mol. The number of rotatable bonds is 2. The van der Waals surface area contributed by atoms with Crippen LogP contribution in [0.25, 0.3) is 10.8 Å². The van der Waals surface area contributed by atoms with Crippen molar-refractivity contribution >= 4 is 23.0 Å². The molecule has 0 aliphatic carbocycles. The summed E-state index contributed by atoms with van der Waals surface area (Å²) in [6, 6.07) is 7.03. The lowest BCUT2D eigenvalue weighted by molar-refractivity contribution is 0.249. The molecule has 0 saturated carbocycles. The van der Waals surface area contributed by atoms with Gasteiger partial charge >= 0.3 is 6.03 Å². The SMILES string of the molecule is NC(=O)N/N=C/c1ccc2ccncc2c1. The van der Waals surface area contributed by atoms with Crippen LogP contribution in [0.4, 0.5) is 4.79 Å². The zero-order valence-corrected chi connectivity index (χ0v) is 8.42. The third-order valence-electron chi connectivity index (χ3n) is 2.05. The zero-order valence-electron chi connectivity index (χ0n) is 8.42. The van der Waals surface area contributed by atoms with Crippen molar-refractivity contribution in [2.24, 2.45) is 10.8 Å². The van der Waals surface area contributed by atoms with E-state index in [2.05, 4.69) is 15.5 Å². The largest absolute Gasteiger partial charge is 0.350 e. The maximum absolute atomic E-state index is 10.4. The fourth-order valence-electron chi connectivity index (χ4n) is 1.35. The molecule has 3 N–H and O–H groups in total. The van der Waals surface area contributed by atoms with Crippen molar-refractivity contribution in [3.05, 3.63) is 42.2 Å². The number of hydrazone groups is 1. The molecule has 16 heavy (non-hydrogen) atoms. The van der Waals surface area contributed by atoms with Crippen LogP contribution in [0.5, 0.6) is 0 Å². The fourth-order valence-corrected chi connectivity index (χ4v) is 1.35. The van der Waals surface area contributed by atoms with E-state index in [-0.39, 0.29) is 0 Å². The minimum absolute atomic E-state index is 0.682. The van der Waals surface area contributed by atoms with Gasteiger partial charge in [-0.25, -0.2) is 10.2 Å². The maximum atomic E-state index is 10.4. The number of carbonyl (C=O) groups is 1. The number of urea groups is 1. The zero-order chi connectivity index (χ0) is 11.4. The molecule has 80 valence electrons. The third-order valence-corrected chi connectivity index (χ3v) is 2.05. The molecular formula is C11H10N4O. The molecule has 5 heteroatoms. The van der Waals surface area contributed by atoms with Gasteiger partial charge < -0.3 is 5.73 Å². The number of carbonyl (C=O) groups excluding carboxylic acids is 1. The molecule has 0 atom stereocenters. The van der Waals surface area contributed by atoms with Gasteiger partial charge in [-0.2, -0.15) is 5.10 Å². The number of hydrogen-bond acceptors (Lipinski definition) is 3. The predicted octanol–water partition coefficient (Wildman–Crippen LogP) is 1.24. The smallest absolute Gasteiger partial charge is 0.332 e. The number of nitrogens with one attached hydrogen (secondary N) is 1. The van der Waals surface area contributed by atoms with Gasteiger partial charge in [0.15, 0.2) is 0 Å². The molecule has 1 heterocycles. The van der Waals surface area contributed by atoms with Crippen LogP contribution in [0.1, 0.15) is 5.56 Å². The molecular weight excluding hydrogens is 204 g/mol. The molecule has 2 aromatic rings. The Bertz CT molecular complexity index is 550. The molecule has 0 bridgehead atoms. The number of nitrogens with zero attached hydrogens (tertiary/aromatic N) is 2. The predicted molar refractivity (Wildman–Crippen MR) is 62.1 cm³/mol. The third kappa shape index (κ3) is 2.33. The minimum atomic E-state index is -0.682. The van der Waals surface area contributed by atoms with Gasteiger partial charge in [-0.1, -0.05) is 12.1 Å². The molecule has 2 rings (SSSR count). The van der Waals surface area contributed by atoms with E-state index in [9.17, 15) is 4.79 Å². The van der Waals surface area contributed by atoms with Crippen molar-refractivity contribution in [2.45, 2.75) is 0 Å². The molecule has 2 amide bonds. The van der Waals surface area contributed by atoms with Gasteiger partial charge in [-0.3, -0.25) is 4.98 Å². The maximum Gasteiger partial charge on any atom is 0.332 e. The molecule has 1 aromatic carbocycles. The highest BCUT2D eigenvalue weighted by molar-refractivity contribution is 5.90. The quantitative estimate of drug-likeness (QED) is 0.582.